The molecule has 0 fully saturated rings. The van der Waals surface area contributed by atoms with E-state index < -0.39 is 0 Å². The van der Waals surface area contributed by atoms with E-state index in [-0.39, 0.29) is 22.3 Å². The fourth-order valence-corrected chi connectivity index (χ4v) is 4.14. The normalized spacial score (nSPS) is 12.4. The molecule has 0 spiro atoms. The largest absolute Gasteiger partial charge is 0.508 e. The van der Waals surface area contributed by atoms with Gasteiger partial charge >= 0.3 is 0 Å². The van der Waals surface area contributed by atoms with Crippen molar-refractivity contribution in [2.45, 2.75) is 40.9 Å². The predicted octanol–water partition coefficient (Wildman–Crippen LogP) is 6.62. The second kappa shape index (κ2) is 7.64. The number of aromatic hydroxyl groups is 2. The fraction of sp³-hybridized carbons (Fsp3) is 0.286. The molecule has 0 aliphatic heterocycles. The Morgan fingerprint density at radius 3 is 2.26 bits per heavy atom. The van der Waals surface area contributed by atoms with Crippen molar-refractivity contribution >= 4 is 34.3 Å². The number of fused-ring (bicyclic) bond motifs is 3. The van der Waals surface area contributed by atoms with Crippen molar-refractivity contribution in [2.75, 3.05) is 0 Å². The summed E-state index contributed by atoms with van der Waals surface area (Å²) in [6.07, 6.45) is 1.11. The summed E-state index contributed by atoms with van der Waals surface area (Å²) in [7, 11) is 1.01. The van der Waals surface area contributed by atoms with Crippen LogP contribution in [0.5, 0.6) is 11.5 Å². The second-order valence-corrected chi connectivity index (χ2v) is 10.4. The number of phenols is 2. The van der Waals surface area contributed by atoms with Crippen LogP contribution in [0, 0.1) is 10.8 Å². The highest BCUT2D eigenvalue weighted by molar-refractivity contribution is 6.53. The summed E-state index contributed by atoms with van der Waals surface area (Å²) < 4.78 is 0. The predicted molar refractivity (Wildman–Crippen MR) is 135 cm³/mol. The zero-order valence-electron chi connectivity index (χ0n) is 19.2. The lowest BCUT2D eigenvalue weighted by molar-refractivity contribution is 0.157. The van der Waals surface area contributed by atoms with Gasteiger partial charge in [0.15, 0.2) is 7.28 Å². The first-order valence-electron chi connectivity index (χ1n) is 11.0. The average molecular weight is 410 g/mol. The highest BCUT2D eigenvalue weighted by Crippen LogP contribution is 2.42. The van der Waals surface area contributed by atoms with Gasteiger partial charge in [-0.2, -0.15) is 0 Å². The van der Waals surface area contributed by atoms with Crippen LogP contribution in [0.2, 0.25) is 6.32 Å². The van der Waals surface area contributed by atoms with E-state index in [1.165, 1.54) is 5.46 Å². The van der Waals surface area contributed by atoms with Crippen LogP contribution in [0.4, 0.5) is 0 Å². The number of hydrogen-bond donors (Lipinski definition) is 2. The topological polar surface area (TPSA) is 40.5 Å². The Labute approximate surface area is 185 Å². The van der Waals surface area contributed by atoms with Crippen LogP contribution in [0.1, 0.15) is 34.6 Å². The van der Waals surface area contributed by atoms with Gasteiger partial charge in [0, 0.05) is 5.39 Å². The lowest BCUT2D eigenvalue weighted by Crippen LogP contribution is -2.33. The highest BCUT2D eigenvalue weighted by atomic mass is 16.3. The molecule has 0 aromatic heterocycles. The molecule has 0 saturated heterocycles. The van der Waals surface area contributed by atoms with Gasteiger partial charge in [0.1, 0.15) is 11.5 Å². The van der Waals surface area contributed by atoms with Gasteiger partial charge in [0.25, 0.3) is 0 Å². The molecule has 0 atom stereocenters. The van der Waals surface area contributed by atoms with E-state index >= 15 is 0 Å². The maximum Gasteiger partial charge on any atom is 0.158 e. The van der Waals surface area contributed by atoms with Gasteiger partial charge in [-0.15, -0.1) is 0 Å². The van der Waals surface area contributed by atoms with Crippen molar-refractivity contribution in [1.29, 1.82) is 0 Å². The summed E-state index contributed by atoms with van der Waals surface area (Å²) in [5.41, 5.74) is 3.85. The average Bonchev–Trinajstić information content (AvgIpc) is 2.71. The van der Waals surface area contributed by atoms with Crippen LogP contribution in [0.25, 0.3) is 32.7 Å². The van der Waals surface area contributed by atoms with E-state index in [4.69, 9.17) is 0 Å². The van der Waals surface area contributed by atoms with Crippen molar-refractivity contribution in [1.82, 2.24) is 0 Å². The molecule has 0 bridgehead atoms. The third-order valence-electron chi connectivity index (χ3n) is 7.24. The molecule has 0 unspecified atom stereocenters. The van der Waals surface area contributed by atoms with Crippen molar-refractivity contribution in [3.05, 3.63) is 66.7 Å². The fourth-order valence-electron chi connectivity index (χ4n) is 4.14. The Bertz CT molecular complexity index is 1270. The first kappa shape index (κ1) is 21.3. The van der Waals surface area contributed by atoms with Crippen LogP contribution in [0.3, 0.4) is 0 Å². The first-order chi connectivity index (χ1) is 14.6. The van der Waals surface area contributed by atoms with Crippen molar-refractivity contribution < 1.29 is 10.2 Å². The molecule has 0 saturated carbocycles. The quantitative estimate of drug-likeness (QED) is 0.293. The van der Waals surface area contributed by atoms with Crippen LogP contribution in [-0.4, -0.2) is 17.5 Å². The zero-order chi connectivity index (χ0) is 22.4. The maximum absolute atomic E-state index is 10.7. The lowest BCUT2D eigenvalue weighted by Gasteiger charge is -2.39. The summed E-state index contributed by atoms with van der Waals surface area (Å²) in [6, 6.07) is 21.8. The Morgan fingerprint density at radius 1 is 0.774 bits per heavy atom. The number of hydrogen-bond acceptors (Lipinski definition) is 2. The van der Waals surface area contributed by atoms with Crippen molar-refractivity contribution in [2.24, 2.45) is 10.8 Å². The van der Waals surface area contributed by atoms with E-state index in [1.807, 2.05) is 18.2 Å². The van der Waals surface area contributed by atoms with Gasteiger partial charge in [0.2, 0.25) is 0 Å². The van der Waals surface area contributed by atoms with E-state index in [0.717, 1.165) is 46.3 Å². The van der Waals surface area contributed by atoms with Crippen LogP contribution in [-0.2, 0) is 0 Å². The molecule has 0 amide bonds. The summed E-state index contributed by atoms with van der Waals surface area (Å²) in [5, 5.41) is 24.6. The molecule has 3 heteroatoms. The Morgan fingerprint density at radius 2 is 1.52 bits per heavy atom. The van der Waals surface area contributed by atoms with Gasteiger partial charge in [0.05, 0.1) is 0 Å². The molecule has 31 heavy (non-hydrogen) atoms. The second-order valence-electron chi connectivity index (χ2n) is 10.4. The van der Waals surface area contributed by atoms with Gasteiger partial charge < -0.3 is 10.2 Å². The molecule has 4 aromatic carbocycles. The molecule has 0 heterocycles. The number of rotatable bonds is 4. The van der Waals surface area contributed by atoms with E-state index in [9.17, 15) is 10.2 Å². The minimum absolute atomic E-state index is 0.231. The summed E-state index contributed by atoms with van der Waals surface area (Å²) in [6.45, 7) is 11.6. The van der Waals surface area contributed by atoms with Gasteiger partial charge in [-0.1, -0.05) is 88.9 Å². The SMILES string of the molecule is CC(C)(C)C(C)(C)CBc1cccc(-c2cc3cc(O)ccc3c3cccc(O)c23)c1. The maximum atomic E-state index is 10.7. The van der Waals surface area contributed by atoms with Gasteiger partial charge in [-0.05, 0) is 62.4 Å². The smallest absolute Gasteiger partial charge is 0.158 e. The van der Waals surface area contributed by atoms with Crippen LogP contribution in [0.15, 0.2) is 66.7 Å². The van der Waals surface area contributed by atoms with Crippen molar-refractivity contribution in [3.8, 4) is 22.6 Å². The lowest BCUT2D eigenvalue weighted by atomic mass is 9.53. The monoisotopic (exact) mass is 410 g/mol. The molecule has 2 N–H and O–H groups in total. The molecule has 0 radical (unpaired) electrons. The molecule has 0 aliphatic carbocycles. The van der Waals surface area contributed by atoms with E-state index in [1.54, 1.807) is 18.2 Å². The van der Waals surface area contributed by atoms with Crippen LogP contribution < -0.4 is 5.46 Å². The molecular weight excluding hydrogens is 379 g/mol. The first-order valence-corrected chi connectivity index (χ1v) is 11.0. The molecule has 158 valence electrons. The number of phenolic OH excluding ortho intramolecular Hbond substituents is 2. The molecule has 0 aliphatic rings. The van der Waals surface area contributed by atoms with Crippen molar-refractivity contribution in [3.63, 3.8) is 0 Å². The third kappa shape index (κ3) is 4.02. The summed E-state index contributed by atoms with van der Waals surface area (Å²) >= 11 is 0. The Hall–Kier alpha value is -2.94. The standard InChI is InChI=1S/C28H31BO2/c1-27(2,3)28(4,5)17-29-20-9-6-8-18(14-20)24-16-19-15-21(30)12-13-22(19)23-10-7-11-25(31)26(23)24/h6-16,29-31H,17H2,1-5H3. The number of benzene rings is 4. The molecule has 4 aromatic rings. The van der Waals surface area contributed by atoms with Crippen LogP contribution >= 0.6 is 0 Å². The van der Waals surface area contributed by atoms with E-state index in [0.29, 0.717) is 0 Å². The highest BCUT2D eigenvalue weighted by Gasteiger charge is 2.32. The zero-order valence-corrected chi connectivity index (χ0v) is 19.2. The minimum Gasteiger partial charge on any atom is -0.508 e. The summed E-state index contributed by atoms with van der Waals surface area (Å²) in [4.78, 5) is 0. The van der Waals surface area contributed by atoms with Gasteiger partial charge in [-0.3, -0.25) is 0 Å². The Balaban J connectivity index is 1.83. The third-order valence-corrected chi connectivity index (χ3v) is 7.24. The molecule has 2 nitrogen and oxygen atoms in total. The molecule has 4 rings (SSSR count). The Kier molecular flexibility index (Phi) is 5.25. The van der Waals surface area contributed by atoms with E-state index in [2.05, 4.69) is 65.0 Å². The summed E-state index contributed by atoms with van der Waals surface area (Å²) in [5.74, 6) is 0.526. The van der Waals surface area contributed by atoms with Gasteiger partial charge in [-0.25, -0.2) is 0 Å². The molecular formula is C28H31BO2. The minimum atomic E-state index is 0.231.